The zero-order valence-electron chi connectivity index (χ0n) is 25.4. The number of nitrogens with one attached hydrogen (secondary N) is 2. The summed E-state index contributed by atoms with van der Waals surface area (Å²) in [5, 5.41) is 6.31. The maximum Gasteiger partial charge on any atom is 0.275 e. The van der Waals surface area contributed by atoms with Crippen LogP contribution in [0.2, 0.25) is 0 Å². The van der Waals surface area contributed by atoms with Crippen molar-refractivity contribution < 1.29 is 18.4 Å². The fourth-order valence-corrected chi connectivity index (χ4v) is 6.32. The first-order valence-electron chi connectivity index (χ1n) is 14.9. The zero-order valence-corrected chi connectivity index (χ0v) is 25.4. The van der Waals surface area contributed by atoms with Gasteiger partial charge in [-0.1, -0.05) is 52.7 Å². The van der Waals surface area contributed by atoms with E-state index < -0.39 is 17.3 Å². The Labute approximate surface area is 252 Å². The first kappa shape index (κ1) is 32.1. The number of amides is 2. The molecule has 1 atom stereocenters. The van der Waals surface area contributed by atoms with Crippen LogP contribution in [0.5, 0.6) is 0 Å². The molecule has 11 heteroatoms. The van der Waals surface area contributed by atoms with Crippen LogP contribution in [0.25, 0.3) is 0 Å². The topological polar surface area (TPSA) is 138 Å². The summed E-state index contributed by atoms with van der Waals surface area (Å²) in [5.41, 5.74) is 8.59. The van der Waals surface area contributed by atoms with Crippen LogP contribution in [0.4, 0.5) is 8.78 Å². The largest absolute Gasteiger partial charge is 0.384 e. The molecule has 1 fully saturated rings. The molecule has 1 aliphatic heterocycles. The van der Waals surface area contributed by atoms with Crippen LogP contribution in [0, 0.1) is 23.0 Å². The molecule has 0 saturated heterocycles. The highest BCUT2D eigenvalue weighted by molar-refractivity contribution is 6.46. The predicted molar refractivity (Wildman–Crippen MR) is 164 cm³/mol. The lowest BCUT2D eigenvalue weighted by Crippen LogP contribution is -2.51. The number of aliphatic imine (C=N–C) groups is 1. The Balaban J connectivity index is 1.70. The molecule has 0 bridgehead atoms. The van der Waals surface area contributed by atoms with Gasteiger partial charge in [0.2, 0.25) is 0 Å². The van der Waals surface area contributed by atoms with Crippen molar-refractivity contribution in [2.24, 2.45) is 33.0 Å². The van der Waals surface area contributed by atoms with Gasteiger partial charge >= 0.3 is 0 Å². The Morgan fingerprint density at radius 1 is 1.14 bits per heavy atom. The van der Waals surface area contributed by atoms with Gasteiger partial charge in [0.05, 0.1) is 12.6 Å². The third kappa shape index (κ3) is 7.21. The van der Waals surface area contributed by atoms with E-state index in [-0.39, 0.29) is 46.9 Å². The SMILES string of the molecule is CCCC[C@H](c1ccc(C(=O)NC/C(N)=N/NN)cc1)N1C(=O)C(c2cc(F)cc(F)c2)=NC12CCC(C(C)(C)C)CC2. The first-order valence-corrected chi connectivity index (χ1v) is 14.9. The molecule has 2 aliphatic rings. The molecule has 1 saturated carbocycles. The van der Waals surface area contributed by atoms with Crippen LogP contribution in [-0.4, -0.2) is 40.5 Å². The predicted octanol–water partition coefficient (Wildman–Crippen LogP) is 4.93. The van der Waals surface area contributed by atoms with Crippen molar-refractivity contribution in [3.8, 4) is 0 Å². The van der Waals surface area contributed by atoms with Crippen LogP contribution in [-0.2, 0) is 4.79 Å². The second kappa shape index (κ2) is 13.2. The summed E-state index contributed by atoms with van der Waals surface area (Å²) >= 11 is 0. The van der Waals surface area contributed by atoms with E-state index >= 15 is 0 Å². The Morgan fingerprint density at radius 2 is 1.77 bits per heavy atom. The van der Waals surface area contributed by atoms with Crippen LogP contribution in [0.1, 0.15) is 100 Å². The van der Waals surface area contributed by atoms with Gasteiger partial charge in [-0.2, -0.15) is 5.10 Å². The lowest BCUT2D eigenvalue weighted by atomic mass is 9.69. The number of rotatable bonds is 10. The summed E-state index contributed by atoms with van der Waals surface area (Å²) in [6.45, 7) is 8.80. The van der Waals surface area contributed by atoms with Crippen LogP contribution in [0.15, 0.2) is 52.6 Å². The van der Waals surface area contributed by atoms with Crippen LogP contribution in [0.3, 0.4) is 0 Å². The van der Waals surface area contributed by atoms with E-state index in [1.54, 1.807) is 12.1 Å². The second-order valence-electron chi connectivity index (χ2n) is 12.6. The summed E-state index contributed by atoms with van der Waals surface area (Å²) in [6, 6.07) is 9.95. The van der Waals surface area contributed by atoms with E-state index in [2.05, 4.69) is 43.6 Å². The smallest absolute Gasteiger partial charge is 0.275 e. The van der Waals surface area contributed by atoms with E-state index in [1.165, 1.54) is 12.1 Å². The van der Waals surface area contributed by atoms with E-state index in [4.69, 9.17) is 16.6 Å². The third-order valence-corrected chi connectivity index (χ3v) is 8.68. The first-order chi connectivity index (χ1) is 20.4. The number of hydrogen-bond acceptors (Lipinski definition) is 6. The number of benzene rings is 2. The van der Waals surface area contributed by atoms with Gasteiger partial charge in [0.25, 0.3) is 11.8 Å². The molecule has 4 rings (SSSR count). The van der Waals surface area contributed by atoms with Gasteiger partial charge in [0, 0.05) is 17.2 Å². The molecule has 9 nitrogen and oxygen atoms in total. The standard InChI is InChI=1S/C32H43F2N7O2/c1-5-6-7-26(20-8-10-21(11-9-20)29(42)37-19-27(35)39-40-36)41-30(43)28(22-16-24(33)18-25(34)17-22)38-32(41)14-12-23(13-15-32)31(2,3)4/h8-11,16-18,23,26,40H,5-7,12-15,19,36H2,1-4H3,(H2,35,39)(H,37,42)/t23?,26-,32?/m1/s1. The van der Waals surface area contributed by atoms with Gasteiger partial charge in [-0.15, -0.1) is 0 Å². The monoisotopic (exact) mass is 595 g/mol. The molecule has 6 N–H and O–H groups in total. The average Bonchev–Trinajstić information content (AvgIpc) is 3.23. The number of carbonyl (C=O) groups is 2. The summed E-state index contributed by atoms with van der Waals surface area (Å²) < 4.78 is 28.6. The normalized spacial score (nSPS) is 21.6. The molecule has 1 aliphatic carbocycles. The number of nitrogens with two attached hydrogens (primary N) is 2. The Kier molecular flexibility index (Phi) is 9.84. The second-order valence-corrected chi connectivity index (χ2v) is 12.6. The molecular weight excluding hydrogens is 552 g/mol. The lowest BCUT2D eigenvalue weighted by molar-refractivity contribution is -0.133. The van der Waals surface area contributed by atoms with Crippen molar-refractivity contribution in [1.82, 2.24) is 15.8 Å². The molecule has 1 heterocycles. The van der Waals surface area contributed by atoms with Gasteiger partial charge in [-0.25, -0.2) is 20.2 Å². The molecular formula is C32H43F2N7O2. The van der Waals surface area contributed by atoms with E-state index in [0.29, 0.717) is 30.7 Å². The number of hydrogen-bond donors (Lipinski definition) is 4. The van der Waals surface area contributed by atoms with Crippen molar-refractivity contribution >= 4 is 23.4 Å². The Morgan fingerprint density at radius 3 is 2.33 bits per heavy atom. The number of hydrazone groups is 1. The van der Waals surface area contributed by atoms with Crippen molar-refractivity contribution in [2.75, 3.05) is 6.54 Å². The molecule has 0 unspecified atom stereocenters. The van der Waals surface area contributed by atoms with Gasteiger partial charge in [-0.05, 0) is 73.3 Å². The molecule has 1 spiro atoms. The fraction of sp³-hybridized carbons (Fsp3) is 0.500. The molecule has 0 radical (unpaired) electrons. The molecule has 2 amide bonds. The van der Waals surface area contributed by atoms with E-state index in [1.807, 2.05) is 17.0 Å². The van der Waals surface area contributed by atoms with E-state index in [9.17, 15) is 18.4 Å². The molecule has 0 aromatic heterocycles. The molecule has 232 valence electrons. The number of hydrazine groups is 1. The van der Waals surface area contributed by atoms with Crippen molar-refractivity contribution in [3.63, 3.8) is 0 Å². The minimum Gasteiger partial charge on any atom is -0.384 e. The number of unbranched alkanes of at least 4 members (excludes halogenated alkanes) is 1. The Hall–Kier alpha value is -3.86. The average molecular weight is 596 g/mol. The summed E-state index contributed by atoms with van der Waals surface area (Å²) in [5.74, 6) is 3.55. The van der Waals surface area contributed by atoms with Gasteiger partial charge in [0.15, 0.2) is 0 Å². The van der Waals surface area contributed by atoms with Crippen molar-refractivity contribution in [3.05, 3.63) is 70.8 Å². The van der Waals surface area contributed by atoms with Crippen LogP contribution < -0.4 is 22.4 Å². The minimum atomic E-state index is -0.820. The zero-order chi connectivity index (χ0) is 31.4. The number of amidine groups is 1. The maximum atomic E-state index is 14.3. The lowest BCUT2D eigenvalue weighted by Gasteiger charge is -2.47. The summed E-state index contributed by atoms with van der Waals surface area (Å²) in [4.78, 5) is 33.9. The highest BCUT2D eigenvalue weighted by atomic mass is 19.1. The quantitative estimate of drug-likeness (QED) is 0.134. The van der Waals surface area contributed by atoms with Gasteiger partial charge < -0.3 is 16.0 Å². The van der Waals surface area contributed by atoms with Crippen LogP contribution >= 0.6 is 0 Å². The fourth-order valence-electron chi connectivity index (χ4n) is 6.32. The molecule has 43 heavy (non-hydrogen) atoms. The number of halogens is 2. The third-order valence-electron chi connectivity index (χ3n) is 8.68. The van der Waals surface area contributed by atoms with Gasteiger partial charge in [-0.3, -0.25) is 14.6 Å². The summed E-state index contributed by atoms with van der Waals surface area (Å²) in [6.07, 6.45) is 5.53. The van der Waals surface area contributed by atoms with Crippen molar-refractivity contribution in [1.29, 1.82) is 0 Å². The van der Waals surface area contributed by atoms with E-state index in [0.717, 1.165) is 37.3 Å². The molecule has 2 aromatic rings. The van der Waals surface area contributed by atoms with Gasteiger partial charge in [0.1, 0.15) is 28.8 Å². The number of carbonyl (C=O) groups excluding carboxylic acids is 2. The van der Waals surface area contributed by atoms with Crippen molar-refractivity contribution in [2.45, 2.75) is 84.3 Å². The minimum absolute atomic E-state index is 0.0189. The number of nitrogens with zero attached hydrogens (tertiary/aromatic N) is 3. The Bertz CT molecular complexity index is 1360. The molecule has 2 aromatic carbocycles. The highest BCUT2D eigenvalue weighted by Gasteiger charge is 2.52. The highest BCUT2D eigenvalue weighted by Crippen LogP contribution is 2.50. The summed E-state index contributed by atoms with van der Waals surface area (Å²) in [7, 11) is 0. The maximum absolute atomic E-state index is 14.3.